The molecule has 1 heterocycles. The Morgan fingerprint density at radius 1 is 1.43 bits per heavy atom. The molecule has 0 aliphatic rings. The molecule has 1 unspecified atom stereocenters. The number of hydrogen-bond acceptors (Lipinski definition) is 4. The van der Waals surface area contributed by atoms with E-state index in [0.717, 1.165) is 0 Å². The van der Waals surface area contributed by atoms with Gasteiger partial charge in [-0.15, -0.1) is 0 Å². The lowest BCUT2D eigenvalue weighted by molar-refractivity contribution is 0.0915. The molecular formula is C16H20ClN3O3. The van der Waals surface area contributed by atoms with Gasteiger partial charge in [0.05, 0.1) is 24.5 Å². The van der Waals surface area contributed by atoms with E-state index >= 15 is 0 Å². The number of carbonyl (C=O) groups excluding carboxylic acids is 1. The summed E-state index contributed by atoms with van der Waals surface area (Å²) in [5.41, 5.74) is 1.60. The summed E-state index contributed by atoms with van der Waals surface area (Å²) in [7, 11) is 1.58. The van der Waals surface area contributed by atoms with E-state index in [1.165, 1.54) is 0 Å². The van der Waals surface area contributed by atoms with Crippen LogP contribution in [0.2, 0.25) is 5.15 Å². The molecule has 0 aliphatic heterocycles. The zero-order valence-electron chi connectivity index (χ0n) is 13.3. The van der Waals surface area contributed by atoms with Gasteiger partial charge in [0, 0.05) is 13.1 Å². The minimum atomic E-state index is -0.815. The van der Waals surface area contributed by atoms with Gasteiger partial charge in [-0.25, -0.2) is 0 Å². The highest BCUT2D eigenvalue weighted by Crippen LogP contribution is 2.20. The molecule has 0 aliphatic carbocycles. The number of carbonyl (C=O) groups is 1. The van der Waals surface area contributed by atoms with Crippen molar-refractivity contribution in [2.75, 3.05) is 13.7 Å². The number of methoxy groups -OCH3 is 1. The number of aliphatic hydroxyl groups excluding tert-OH is 1. The maximum atomic E-state index is 12.3. The number of rotatable bonds is 6. The molecule has 1 aromatic heterocycles. The molecule has 0 bridgehead atoms. The second-order valence-corrected chi connectivity index (χ2v) is 5.42. The third kappa shape index (κ3) is 3.83. The van der Waals surface area contributed by atoms with Gasteiger partial charge in [-0.3, -0.25) is 9.48 Å². The minimum Gasteiger partial charge on any atom is -0.497 e. The highest BCUT2D eigenvalue weighted by molar-refractivity contribution is 6.33. The second-order valence-electron chi connectivity index (χ2n) is 5.07. The molecule has 0 spiro atoms. The fourth-order valence-electron chi connectivity index (χ4n) is 2.24. The van der Waals surface area contributed by atoms with Gasteiger partial charge in [-0.2, -0.15) is 5.10 Å². The Bertz CT molecular complexity index is 683. The number of amides is 1. The quantitative estimate of drug-likeness (QED) is 0.848. The van der Waals surface area contributed by atoms with Crippen molar-refractivity contribution in [3.05, 3.63) is 46.2 Å². The molecule has 1 atom stereocenters. The maximum Gasteiger partial charge on any atom is 0.256 e. The SMILES string of the molecule is CCn1nc(C)c(C(=O)NCC(O)c2ccc(OC)cc2)c1Cl. The number of aromatic nitrogens is 2. The number of ether oxygens (including phenoxy) is 1. The largest absolute Gasteiger partial charge is 0.497 e. The average molecular weight is 338 g/mol. The molecule has 1 aromatic carbocycles. The van der Waals surface area contributed by atoms with Crippen LogP contribution in [0.5, 0.6) is 5.75 Å². The Morgan fingerprint density at radius 3 is 2.61 bits per heavy atom. The summed E-state index contributed by atoms with van der Waals surface area (Å²) in [5.74, 6) is 0.360. The summed E-state index contributed by atoms with van der Waals surface area (Å²) in [5, 5.41) is 17.4. The van der Waals surface area contributed by atoms with Crippen molar-refractivity contribution < 1.29 is 14.6 Å². The average Bonchev–Trinajstić information content (AvgIpc) is 2.86. The topological polar surface area (TPSA) is 76.4 Å². The molecule has 1 amide bonds. The van der Waals surface area contributed by atoms with Crippen molar-refractivity contribution in [2.45, 2.75) is 26.5 Å². The predicted octanol–water partition coefficient (Wildman–Crippen LogP) is 2.34. The van der Waals surface area contributed by atoms with Crippen molar-refractivity contribution in [3.8, 4) is 5.75 Å². The minimum absolute atomic E-state index is 0.0816. The van der Waals surface area contributed by atoms with Crippen molar-refractivity contribution in [3.63, 3.8) is 0 Å². The van der Waals surface area contributed by atoms with Gasteiger partial charge < -0.3 is 15.2 Å². The van der Waals surface area contributed by atoms with Crippen LogP contribution in [0.15, 0.2) is 24.3 Å². The molecule has 2 rings (SSSR count). The molecule has 6 nitrogen and oxygen atoms in total. The lowest BCUT2D eigenvalue weighted by atomic mass is 10.1. The highest BCUT2D eigenvalue weighted by Gasteiger charge is 2.20. The third-order valence-corrected chi connectivity index (χ3v) is 3.93. The van der Waals surface area contributed by atoms with E-state index < -0.39 is 6.10 Å². The van der Waals surface area contributed by atoms with Crippen LogP contribution >= 0.6 is 11.6 Å². The van der Waals surface area contributed by atoms with Crippen molar-refractivity contribution in [2.24, 2.45) is 0 Å². The van der Waals surface area contributed by atoms with Gasteiger partial charge in [-0.1, -0.05) is 23.7 Å². The van der Waals surface area contributed by atoms with E-state index in [2.05, 4.69) is 10.4 Å². The smallest absolute Gasteiger partial charge is 0.256 e. The highest BCUT2D eigenvalue weighted by atomic mass is 35.5. The summed E-state index contributed by atoms with van der Waals surface area (Å²) in [4.78, 5) is 12.3. The summed E-state index contributed by atoms with van der Waals surface area (Å²) < 4.78 is 6.63. The van der Waals surface area contributed by atoms with E-state index in [1.54, 1.807) is 43.0 Å². The number of hydrogen-bond donors (Lipinski definition) is 2. The lowest BCUT2D eigenvalue weighted by Gasteiger charge is -2.13. The van der Waals surface area contributed by atoms with Crippen LogP contribution in [0.3, 0.4) is 0 Å². The van der Waals surface area contributed by atoms with E-state index in [4.69, 9.17) is 16.3 Å². The zero-order valence-corrected chi connectivity index (χ0v) is 14.1. The predicted molar refractivity (Wildman–Crippen MR) is 87.9 cm³/mol. The fraction of sp³-hybridized carbons (Fsp3) is 0.375. The zero-order chi connectivity index (χ0) is 17.0. The van der Waals surface area contributed by atoms with Crippen LogP contribution in [-0.4, -0.2) is 34.4 Å². The lowest BCUT2D eigenvalue weighted by Crippen LogP contribution is -2.28. The third-order valence-electron chi connectivity index (χ3n) is 3.55. The number of benzene rings is 1. The molecule has 7 heteroatoms. The van der Waals surface area contributed by atoms with Gasteiger partial charge in [0.15, 0.2) is 0 Å². The molecule has 2 aromatic rings. The number of halogens is 1. The molecule has 23 heavy (non-hydrogen) atoms. The number of nitrogens with zero attached hydrogens (tertiary/aromatic N) is 2. The van der Waals surface area contributed by atoms with Crippen molar-refractivity contribution in [1.29, 1.82) is 0 Å². The number of aliphatic hydroxyl groups is 1. The Morgan fingerprint density at radius 2 is 2.09 bits per heavy atom. The fourth-order valence-corrected chi connectivity index (χ4v) is 2.62. The molecule has 124 valence electrons. The molecule has 0 saturated heterocycles. The summed E-state index contributed by atoms with van der Waals surface area (Å²) in [6.45, 7) is 4.29. The molecule has 2 N–H and O–H groups in total. The van der Waals surface area contributed by atoms with Crippen molar-refractivity contribution in [1.82, 2.24) is 15.1 Å². The standard InChI is InChI=1S/C16H20ClN3O3/c1-4-20-15(17)14(10(2)19-20)16(22)18-9-13(21)11-5-7-12(23-3)8-6-11/h5-8,13,21H,4,9H2,1-3H3,(H,18,22). The van der Waals surface area contributed by atoms with Crippen LogP contribution in [0.25, 0.3) is 0 Å². The van der Waals surface area contributed by atoms with Gasteiger partial charge in [-0.05, 0) is 31.5 Å². The van der Waals surface area contributed by atoms with E-state index in [-0.39, 0.29) is 12.5 Å². The summed E-state index contributed by atoms with van der Waals surface area (Å²) in [6.07, 6.45) is -0.815. The second kappa shape index (κ2) is 7.48. The van der Waals surface area contributed by atoms with Crippen LogP contribution in [-0.2, 0) is 6.54 Å². The van der Waals surface area contributed by atoms with Crippen LogP contribution in [0.4, 0.5) is 0 Å². The van der Waals surface area contributed by atoms with E-state index in [9.17, 15) is 9.90 Å². The molecule has 0 radical (unpaired) electrons. The molecular weight excluding hydrogens is 318 g/mol. The first-order chi connectivity index (χ1) is 11.0. The Kier molecular flexibility index (Phi) is 5.63. The summed E-state index contributed by atoms with van der Waals surface area (Å²) in [6, 6.07) is 7.02. The first kappa shape index (κ1) is 17.3. The monoisotopic (exact) mass is 337 g/mol. The normalized spacial score (nSPS) is 12.0. The van der Waals surface area contributed by atoms with Crippen LogP contribution < -0.4 is 10.1 Å². The van der Waals surface area contributed by atoms with Gasteiger partial charge in [0.25, 0.3) is 5.91 Å². The van der Waals surface area contributed by atoms with Gasteiger partial charge in [0.2, 0.25) is 0 Å². The van der Waals surface area contributed by atoms with E-state index in [1.807, 2.05) is 6.92 Å². The number of aryl methyl sites for hydroxylation is 2. The molecule has 0 fully saturated rings. The van der Waals surface area contributed by atoms with Crippen molar-refractivity contribution >= 4 is 17.5 Å². The van der Waals surface area contributed by atoms with Crippen LogP contribution in [0.1, 0.15) is 34.6 Å². The Labute approximate surface area is 140 Å². The first-order valence-corrected chi connectivity index (χ1v) is 7.68. The van der Waals surface area contributed by atoms with Gasteiger partial charge in [0.1, 0.15) is 10.9 Å². The molecule has 0 saturated carbocycles. The maximum absolute atomic E-state index is 12.3. The number of nitrogens with one attached hydrogen (secondary N) is 1. The van der Waals surface area contributed by atoms with Crippen LogP contribution in [0, 0.1) is 6.92 Å². The summed E-state index contributed by atoms with van der Waals surface area (Å²) >= 11 is 6.15. The first-order valence-electron chi connectivity index (χ1n) is 7.31. The van der Waals surface area contributed by atoms with Gasteiger partial charge >= 0.3 is 0 Å². The Balaban J connectivity index is 2.02. The van der Waals surface area contributed by atoms with E-state index in [0.29, 0.717) is 34.3 Å². The Hall–Kier alpha value is -2.05.